The number of carbonyl (C=O) groups is 2. The monoisotopic (exact) mass is 368 g/mol. The zero-order chi connectivity index (χ0) is 18.8. The summed E-state index contributed by atoms with van der Waals surface area (Å²) in [4.78, 5) is 23.9. The first-order chi connectivity index (χ1) is 11.6. The van der Waals surface area contributed by atoms with Gasteiger partial charge in [-0.25, -0.2) is 17.2 Å². The fourth-order valence-electron chi connectivity index (χ4n) is 2.02. The molecule has 0 bridgehead atoms. The molecule has 0 unspecified atom stereocenters. The van der Waals surface area contributed by atoms with Gasteiger partial charge in [0.15, 0.2) is 5.78 Å². The highest BCUT2D eigenvalue weighted by molar-refractivity contribution is 7.92. The van der Waals surface area contributed by atoms with Gasteiger partial charge in [-0.3, -0.25) is 14.3 Å². The highest BCUT2D eigenvalue weighted by Crippen LogP contribution is 2.22. The average molecular weight is 368 g/mol. The summed E-state index contributed by atoms with van der Waals surface area (Å²) in [5.41, 5.74) is -0.372. The van der Waals surface area contributed by atoms with E-state index in [0.717, 1.165) is 18.4 Å². The summed E-state index contributed by atoms with van der Waals surface area (Å²) in [6, 6.07) is 6.38. The molecular formula is C16H14F2N2O4S. The summed E-state index contributed by atoms with van der Waals surface area (Å²) < 4.78 is 51.6. The smallest absolute Gasteiger partial charge is 0.257 e. The molecule has 0 saturated heterocycles. The molecule has 0 radical (unpaired) electrons. The van der Waals surface area contributed by atoms with E-state index in [1.807, 2.05) is 0 Å². The predicted molar refractivity (Wildman–Crippen MR) is 89.2 cm³/mol. The van der Waals surface area contributed by atoms with Crippen molar-refractivity contribution in [3.63, 3.8) is 0 Å². The van der Waals surface area contributed by atoms with Crippen LogP contribution in [0.4, 0.5) is 20.2 Å². The van der Waals surface area contributed by atoms with E-state index in [1.165, 1.54) is 25.1 Å². The molecule has 6 nitrogen and oxygen atoms in total. The van der Waals surface area contributed by atoms with E-state index in [1.54, 1.807) is 0 Å². The maximum Gasteiger partial charge on any atom is 0.257 e. The lowest BCUT2D eigenvalue weighted by Crippen LogP contribution is -2.18. The highest BCUT2D eigenvalue weighted by atomic mass is 32.2. The van der Waals surface area contributed by atoms with Crippen LogP contribution in [0.5, 0.6) is 0 Å². The van der Waals surface area contributed by atoms with Crippen LogP contribution in [-0.4, -0.2) is 26.4 Å². The molecule has 0 aliphatic rings. The van der Waals surface area contributed by atoms with Gasteiger partial charge in [-0.1, -0.05) is 0 Å². The van der Waals surface area contributed by atoms with Gasteiger partial charge in [0.2, 0.25) is 10.0 Å². The van der Waals surface area contributed by atoms with Crippen LogP contribution < -0.4 is 10.0 Å². The van der Waals surface area contributed by atoms with Crippen molar-refractivity contribution < 1.29 is 26.8 Å². The van der Waals surface area contributed by atoms with E-state index in [2.05, 4.69) is 10.0 Å². The number of sulfonamides is 1. The molecule has 0 aliphatic carbocycles. The number of nitrogens with one attached hydrogen (secondary N) is 2. The van der Waals surface area contributed by atoms with E-state index in [4.69, 9.17) is 0 Å². The van der Waals surface area contributed by atoms with Crippen molar-refractivity contribution in [2.75, 3.05) is 16.3 Å². The summed E-state index contributed by atoms with van der Waals surface area (Å²) in [5, 5.41) is 2.22. The molecule has 0 spiro atoms. The third-order valence-corrected chi connectivity index (χ3v) is 3.74. The molecule has 0 heterocycles. The van der Waals surface area contributed by atoms with Gasteiger partial charge >= 0.3 is 0 Å². The Morgan fingerprint density at radius 1 is 1.00 bits per heavy atom. The number of hydrogen-bond donors (Lipinski definition) is 2. The Balaban J connectivity index is 2.44. The Morgan fingerprint density at radius 2 is 1.64 bits per heavy atom. The first kappa shape index (κ1) is 18.5. The van der Waals surface area contributed by atoms with Gasteiger partial charge < -0.3 is 5.32 Å². The molecule has 0 aliphatic heterocycles. The molecule has 2 N–H and O–H groups in total. The molecular weight excluding hydrogens is 354 g/mol. The second kappa shape index (κ2) is 6.98. The largest absolute Gasteiger partial charge is 0.319 e. The van der Waals surface area contributed by atoms with Crippen LogP contribution in [0.2, 0.25) is 0 Å². The molecule has 2 aromatic rings. The average Bonchev–Trinajstić information content (AvgIpc) is 2.48. The lowest BCUT2D eigenvalue weighted by atomic mass is 10.1. The molecule has 0 aromatic heterocycles. The Kier molecular flexibility index (Phi) is 5.17. The van der Waals surface area contributed by atoms with Crippen molar-refractivity contribution in [2.24, 2.45) is 0 Å². The summed E-state index contributed by atoms with van der Waals surface area (Å²) in [6.45, 7) is 1.28. The fourth-order valence-corrected chi connectivity index (χ4v) is 2.60. The van der Waals surface area contributed by atoms with Crippen LogP contribution in [0.3, 0.4) is 0 Å². The number of Topliss-reactive ketones (excluding diaryl/α,β-unsaturated/α-hetero) is 1. The Hall–Kier alpha value is -2.81. The fraction of sp³-hybridized carbons (Fsp3) is 0.125. The van der Waals surface area contributed by atoms with Gasteiger partial charge in [0.1, 0.15) is 11.6 Å². The maximum atomic E-state index is 13.7. The van der Waals surface area contributed by atoms with Crippen LogP contribution in [0.25, 0.3) is 0 Å². The van der Waals surface area contributed by atoms with Crippen molar-refractivity contribution >= 4 is 33.1 Å². The molecule has 1 amide bonds. The van der Waals surface area contributed by atoms with Crippen molar-refractivity contribution in [1.29, 1.82) is 0 Å². The minimum Gasteiger partial charge on any atom is -0.319 e. The van der Waals surface area contributed by atoms with Gasteiger partial charge in [0.25, 0.3) is 5.91 Å². The number of rotatable bonds is 5. The molecule has 2 aromatic carbocycles. The quantitative estimate of drug-likeness (QED) is 0.794. The van der Waals surface area contributed by atoms with E-state index in [-0.39, 0.29) is 28.3 Å². The lowest BCUT2D eigenvalue weighted by Gasteiger charge is -2.13. The standard InChI is InChI=1S/C16H14F2N2O4S/c1-9(21)10-3-5-14(20-25(2,23)24)12(7-10)16(22)19-15-6-4-11(17)8-13(15)18/h3-8,20H,1-2H3,(H,19,22). The number of hydrogen-bond acceptors (Lipinski definition) is 4. The second-order valence-electron chi connectivity index (χ2n) is 5.27. The highest BCUT2D eigenvalue weighted by Gasteiger charge is 2.18. The van der Waals surface area contributed by atoms with Gasteiger partial charge in [0, 0.05) is 11.6 Å². The Bertz CT molecular complexity index is 959. The van der Waals surface area contributed by atoms with E-state index < -0.39 is 27.6 Å². The topological polar surface area (TPSA) is 92.3 Å². The molecule has 25 heavy (non-hydrogen) atoms. The van der Waals surface area contributed by atoms with Crippen LogP contribution >= 0.6 is 0 Å². The summed E-state index contributed by atoms with van der Waals surface area (Å²) in [5.74, 6) is -3.00. The molecule has 2 rings (SSSR count). The first-order valence-electron chi connectivity index (χ1n) is 6.96. The van der Waals surface area contributed by atoms with Gasteiger partial charge in [-0.2, -0.15) is 0 Å². The van der Waals surface area contributed by atoms with E-state index >= 15 is 0 Å². The number of amides is 1. The Labute approximate surface area is 142 Å². The van der Waals surface area contributed by atoms with Gasteiger partial charge in [-0.15, -0.1) is 0 Å². The van der Waals surface area contributed by atoms with E-state index in [9.17, 15) is 26.8 Å². The molecule has 9 heteroatoms. The van der Waals surface area contributed by atoms with Gasteiger partial charge in [-0.05, 0) is 37.3 Å². The maximum absolute atomic E-state index is 13.7. The zero-order valence-corrected chi connectivity index (χ0v) is 14.1. The van der Waals surface area contributed by atoms with Crippen LogP contribution in [0, 0.1) is 11.6 Å². The SMILES string of the molecule is CC(=O)c1ccc(NS(C)(=O)=O)c(C(=O)Nc2ccc(F)cc2F)c1. The van der Waals surface area contributed by atoms with Crippen molar-refractivity contribution in [3.8, 4) is 0 Å². The number of halogens is 2. The predicted octanol–water partition coefficient (Wildman–Crippen LogP) is 2.79. The number of benzene rings is 2. The molecule has 0 atom stereocenters. The third-order valence-electron chi connectivity index (χ3n) is 3.15. The second-order valence-corrected chi connectivity index (χ2v) is 7.02. The summed E-state index contributed by atoms with van der Waals surface area (Å²) in [6.07, 6.45) is 0.896. The number of carbonyl (C=O) groups excluding carboxylic acids is 2. The van der Waals surface area contributed by atoms with Crippen molar-refractivity contribution in [3.05, 3.63) is 59.2 Å². The lowest BCUT2D eigenvalue weighted by molar-refractivity contribution is 0.101. The molecule has 0 saturated carbocycles. The van der Waals surface area contributed by atoms with E-state index in [0.29, 0.717) is 6.07 Å². The van der Waals surface area contributed by atoms with Gasteiger partial charge in [0.05, 0.1) is 23.2 Å². The Morgan fingerprint density at radius 3 is 2.20 bits per heavy atom. The van der Waals surface area contributed by atoms with Crippen LogP contribution in [0.1, 0.15) is 27.6 Å². The van der Waals surface area contributed by atoms with Crippen molar-refractivity contribution in [2.45, 2.75) is 6.92 Å². The molecule has 132 valence electrons. The number of anilines is 2. The normalized spacial score (nSPS) is 11.0. The first-order valence-corrected chi connectivity index (χ1v) is 8.85. The minimum atomic E-state index is -3.69. The van der Waals surface area contributed by atoms with Crippen LogP contribution in [-0.2, 0) is 10.0 Å². The number of ketones is 1. The summed E-state index contributed by atoms with van der Waals surface area (Å²) in [7, 11) is -3.69. The van der Waals surface area contributed by atoms with Crippen molar-refractivity contribution in [1.82, 2.24) is 0 Å². The zero-order valence-electron chi connectivity index (χ0n) is 13.3. The summed E-state index contributed by atoms with van der Waals surface area (Å²) >= 11 is 0. The molecule has 0 fully saturated rings. The third kappa shape index (κ3) is 4.83. The van der Waals surface area contributed by atoms with Crippen LogP contribution in [0.15, 0.2) is 36.4 Å². The minimum absolute atomic E-state index is 0.0764.